The molecule has 0 radical (unpaired) electrons. The standard InChI is InChI=1S/C19H23N3O6/c1-5-20-19(27)21-15(23)11(4)28-18(26)14(10(2)3)22-16(24)12-8-6-7-9-13(12)17(22)25/h6-11,14H,5H2,1-4H3,(H2,20,21,23,27)/t11-,14-/m0/s1. The number of benzene rings is 1. The highest BCUT2D eigenvalue weighted by molar-refractivity contribution is 6.22. The molecule has 0 spiro atoms. The van der Waals surface area contributed by atoms with E-state index in [0.29, 0.717) is 6.54 Å². The Morgan fingerprint density at radius 2 is 1.57 bits per heavy atom. The van der Waals surface area contributed by atoms with E-state index in [1.807, 2.05) is 5.32 Å². The molecule has 1 aliphatic heterocycles. The van der Waals surface area contributed by atoms with E-state index in [1.54, 1.807) is 32.9 Å². The molecule has 1 aliphatic rings. The molecular formula is C19H23N3O6. The van der Waals surface area contributed by atoms with Crippen LogP contribution in [0.25, 0.3) is 0 Å². The quantitative estimate of drug-likeness (QED) is 0.555. The molecular weight excluding hydrogens is 366 g/mol. The van der Waals surface area contributed by atoms with Crippen LogP contribution in [0.15, 0.2) is 24.3 Å². The fourth-order valence-corrected chi connectivity index (χ4v) is 2.85. The SMILES string of the molecule is CCNC(=O)NC(=O)[C@H](C)OC(=O)[C@H](C(C)C)N1C(=O)c2ccccc2C1=O. The van der Waals surface area contributed by atoms with Crippen molar-refractivity contribution in [2.45, 2.75) is 39.8 Å². The van der Waals surface area contributed by atoms with Gasteiger partial charge in [-0.25, -0.2) is 9.59 Å². The van der Waals surface area contributed by atoms with E-state index >= 15 is 0 Å². The lowest BCUT2D eigenvalue weighted by atomic mass is 10.0. The third-order valence-corrected chi connectivity index (χ3v) is 4.21. The lowest BCUT2D eigenvalue weighted by Crippen LogP contribution is -2.51. The number of esters is 1. The van der Waals surface area contributed by atoms with Crippen molar-refractivity contribution < 1.29 is 28.7 Å². The van der Waals surface area contributed by atoms with Gasteiger partial charge in [-0.1, -0.05) is 26.0 Å². The molecule has 28 heavy (non-hydrogen) atoms. The molecule has 1 heterocycles. The van der Waals surface area contributed by atoms with Crippen LogP contribution in [0.3, 0.4) is 0 Å². The summed E-state index contributed by atoms with van der Waals surface area (Å²) in [5.41, 5.74) is 0.431. The molecule has 9 nitrogen and oxygen atoms in total. The van der Waals surface area contributed by atoms with Gasteiger partial charge in [-0.3, -0.25) is 24.6 Å². The molecule has 1 aromatic rings. The van der Waals surface area contributed by atoms with Crippen molar-refractivity contribution in [2.75, 3.05) is 6.54 Å². The molecule has 1 aromatic carbocycles. The van der Waals surface area contributed by atoms with Crippen LogP contribution >= 0.6 is 0 Å². The molecule has 0 aliphatic carbocycles. The van der Waals surface area contributed by atoms with Crippen LogP contribution in [-0.2, 0) is 14.3 Å². The molecule has 0 unspecified atom stereocenters. The number of ether oxygens (including phenoxy) is 1. The zero-order valence-electron chi connectivity index (χ0n) is 16.1. The minimum atomic E-state index is -1.29. The van der Waals surface area contributed by atoms with Gasteiger partial charge in [0.05, 0.1) is 11.1 Å². The van der Waals surface area contributed by atoms with Gasteiger partial charge in [0.2, 0.25) is 0 Å². The zero-order chi connectivity index (χ0) is 21.0. The Morgan fingerprint density at radius 1 is 1.04 bits per heavy atom. The number of hydrogen-bond acceptors (Lipinski definition) is 6. The number of nitrogens with zero attached hydrogens (tertiary/aromatic N) is 1. The number of imide groups is 2. The van der Waals surface area contributed by atoms with E-state index in [4.69, 9.17) is 4.74 Å². The first kappa shape index (κ1) is 21.1. The second-order valence-corrected chi connectivity index (χ2v) is 6.64. The molecule has 5 amide bonds. The number of urea groups is 1. The molecule has 0 fully saturated rings. The van der Waals surface area contributed by atoms with Crippen molar-refractivity contribution >= 4 is 29.7 Å². The predicted molar refractivity (Wildman–Crippen MR) is 98.3 cm³/mol. The largest absolute Gasteiger partial charge is 0.451 e. The van der Waals surface area contributed by atoms with Gasteiger partial charge in [0, 0.05) is 6.54 Å². The minimum absolute atomic E-state index is 0.216. The van der Waals surface area contributed by atoms with Crippen molar-refractivity contribution in [3.05, 3.63) is 35.4 Å². The lowest BCUT2D eigenvalue weighted by Gasteiger charge is -2.28. The molecule has 150 valence electrons. The van der Waals surface area contributed by atoms with Crippen LogP contribution in [-0.4, -0.2) is 53.3 Å². The highest BCUT2D eigenvalue weighted by atomic mass is 16.5. The third kappa shape index (κ3) is 4.19. The van der Waals surface area contributed by atoms with Crippen LogP contribution in [0.4, 0.5) is 4.79 Å². The predicted octanol–water partition coefficient (Wildman–Crippen LogP) is 1.08. The van der Waals surface area contributed by atoms with Gasteiger partial charge in [0.25, 0.3) is 17.7 Å². The maximum atomic E-state index is 12.7. The van der Waals surface area contributed by atoms with Gasteiger partial charge in [0.15, 0.2) is 6.10 Å². The molecule has 0 aromatic heterocycles. The fraction of sp³-hybridized carbons (Fsp3) is 0.421. The molecule has 0 saturated heterocycles. The molecule has 0 bridgehead atoms. The minimum Gasteiger partial charge on any atom is -0.451 e. The van der Waals surface area contributed by atoms with Gasteiger partial charge < -0.3 is 10.1 Å². The fourth-order valence-electron chi connectivity index (χ4n) is 2.85. The number of carbonyl (C=O) groups is 5. The Balaban J connectivity index is 2.15. The summed E-state index contributed by atoms with van der Waals surface area (Å²) in [6, 6.07) is 4.37. The molecule has 9 heteroatoms. The number of rotatable bonds is 6. The summed E-state index contributed by atoms with van der Waals surface area (Å²) in [5, 5.41) is 4.42. The average Bonchev–Trinajstić information content (AvgIpc) is 2.87. The maximum Gasteiger partial charge on any atom is 0.330 e. The van der Waals surface area contributed by atoms with Crippen LogP contribution in [0.1, 0.15) is 48.4 Å². The number of nitrogens with one attached hydrogen (secondary N) is 2. The molecule has 2 N–H and O–H groups in total. The summed E-state index contributed by atoms with van der Waals surface area (Å²) in [4.78, 5) is 62.3. The van der Waals surface area contributed by atoms with Crippen molar-refractivity contribution in [3.63, 3.8) is 0 Å². The molecule has 2 rings (SSSR count). The van der Waals surface area contributed by atoms with Crippen molar-refractivity contribution in [2.24, 2.45) is 5.92 Å². The first-order valence-electron chi connectivity index (χ1n) is 8.95. The Bertz CT molecular complexity index is 785. The Morgan fingerprint density at radius 3 is 2.04 bits per heavy atom. The van der Waals surface area contributed by atoms with E-state index in [1.165, 1.54) is 19.1 Å². The Labute approximate surface area is 162 Å². The summed E-state index contributed by atoms with van der Waals surface area (Å²) in [5.74, 6) is -3.34. The summed E-state index contributed by atoms with van der Waals surface area (Å²) in [7, 11) is 0. The van der Waals surface area contributed by atoms with Crippen LogP contribution < -0.4 is 10.6 Å². The normalized spacial score (nSPS) is 15.1. The van der Waals surface area contributed by atoms with E-state index in [-0.39, 0.29) is 11.1 Å². The van der Waals surface area contributed by atoms with Crippen molar-refractivity contribution in [3.8, 4) is 0 Å². The van der Waals surface area contributed by atoms with Gasteiger partial charge in [-0.2, -0.15) is 0 Å². The third-order valence-electron chi connectivity index (χ3n) is 4.21. The van der Waals surface area contributed by atoms with E-state index < -0.39 is 47.8 Å². The zero-order valence-corrected chi connectivity index (χ0v) is 16.1. The molecule has 0 saturated carbocycles. The average molecular weight is 389 g/mol. The highest BCUT2D eigenvalue weighted by Crippen LogP contribution is 2.27. The van der Waals surface area contributed by atoms with Gasteiger partial charge in [-0.05, 0) is 31.9 Å². The summed E-state index contributed by atoms with van der Waals surface area (Å²) >= 11 is 0. The van der Waals surface area contributed by atoms with Gasteiger partial charge in [0.1, 0.15) is 6.04 Å². The van der Waals surface area contributed by atoms with Gasteiger partial charge >= 0.3 is 12.0 Å². The van der Waals surface area contributed by atoms with Crippen LogP contribution in [0, 0.1) is 5.92 Å². The first-order chi connectivity index (χ1) is 13.2. The van der Waals surface area contributed by atoms with Crippen molar-refractivity contribution in [1.29, 1.82) is 0 Å². The summed E-state index contributed by atoms with van der Waals surface area (Å²) in [6.07, 6.45) is -1.29. The van der Waals surface area contributed by atoms with E-state index in [2.05, 4.69) is 5.32 Å². The Kier molecular flexibility index (Phi) is 6.50. The molecule has 2 atom stereocenters. The second kappa shape index (κ2) is 8.64. The second-order valence-electron chi connectivity index (χ2n) is 6.64. The number of fused-ring (bicyclic) bond motifs is 1. The van der Waals surface area contributed by atoms with E-state index in [9.17, 15) is 24.0 Å². The first-order valence-corrected chi connectivity index (χ1v) is 8.95. The highest BCUT2D eigenvalue weighted by Gasteiger charge is 2.45. The summed E-state index contributed by atoms with van der Waals surface area (Å²) in [6.45, 7) is 6.63. The lowest BCUT2D eigenvalue weighted by molar-refractivity contribution is -0.159. The summed E-state index contributed by atoms with van der Waals surface area (Å²) < 4.78 is 5.15. The number of carbonyl (C=O) groups excluding carboxylic acids is 5. The topological polar surface area (TPSA) is 122 Å². The van der Waals surface area contributed by atoms with Crippen LogP contribution in [0.5, 0.6) is 0 Å². The van der Waals surface area contributed by atoms with Crippen LogP contribution in [0.2, 0.25) is 0 Å². The smallest absolute Gasteiger partial charge is 0.330 e. The maximum absolute atomic E-state index is 12.7. The van der Waals surface area contributed by atoms with E-state index in [0.717, 1.165) is 4.90 Å². The monoisotopic (exact) mass is 389 g/mol. The number of amides is 5. The number of hydrogen-bond donors (Lipinski definition) is 2. The Hall–Kier alpha value is -3.23. The van der Waals surface area contributed by atoms with Crippen molar-refractivity contribution in [1.82, 2.24) is 15.5 Å². The van der Waals surface area contributed by atoms with Gasteiger partial charge in [-0.15, -0.1) is 0 Å².